The Bertz CT molecular complexity index is 417. The van der Waals surface area contributed by atoms with Crippen molar-refractivity contribution in [2.75, 3.05) is 5.73 Å². The summed E-state index contributed by atoms with van der Waals surface area (Å²) in [5.74, 6) is 1.22. The highest BCUT2D eigenvalue weighted by Crippen LogP contribution is 2.02. The Hall–Kier alpha value is -1.91. The van der Waals surface area contributed by atoms with Crippen LogP contribution in [-0.4, -0.2) is 19.5 Å². The van der Waals surface area contributed by atoms with E-state index in [-0.39, 0.29) is 0 Å². The van der Waals surface area contributed by atoms with E-state index in [0.29, 0.717) is 12.5 Å². The van der Waals surface area contributed by atoms with Crippen molar-refractivity contribution in [2.45, 2.75) is 13.5 Å². The lowest BCUT2D eigenvalue weighted by atomic mass is 10.4. The summed E-state index contributed by atoms with van der Waals surface area (Å²) in [4.78, 5) is 12.3. The van der Waals surface area contributed by atoms with Gasteiger partial charge in [-0.2, -0.15) is 0 Å². The molecule has 0 saturated carbocycles. The summed E-state index contributed by atoms with van der Waals surface area (Å²) in [7, 11) is 0. The van der Waals surface area contributed by atoms with Crippen LogP contribution in [0.25, 0.3) is 0 Å². The second-order valence-electron chi connectivity index (χ2n) is 3.09. The predicted octanol–water partition coefficient (Wildman–Crippen LogP) is 0.612. The van der Waals surface area contributed by atoms with Crippen molar-refractivity contribution in [3.05, 3.63) is 36.2 Å². The maximum absolute atomic E-state index is 5.61. The number of nitrogen functional groups attached to an aromatic ring is 1. The Balaban J connectivity index is 2.19. The summed E-state index contributed by atoms with van der Waals surface area (Å²) < 4.78 is 1.80. The highest BCUT2D eigenvalue weighted by molar-refractivity contribution is 5.17. The number of nitrogens with two attached hydrogens (primary N) is 1. The van der Waals surface area contributed by atoms with Crippen molar-refractivity contribution in [3.63, 3.8) is 0 Å². The molecule has 0 bridgehead atoms. The molecule has 2 heterocycles. The highest BCUT2D eigenvalue weighted by atomic mass is 15.1. The van der Waals surface area contributed by atoms with E-state index in [4.69, 9.17) is 5.73 Å². The van der Waals surface area contributed by atoms with Gasteiger partial charge in [-0.05, 0) is 12.5 Å². The Morgan fingerprint density at radius 2 is 2.00 bits per heavy atom. The quantitative estimate of drug-likeness (QED) is 0.751. The van der Waals surface area contributed by atoms with Crippen LogP contribution in [0.15, 0.2) is 24.8 Å². The third kappa shape index (κ3) is 1.71. The van der Waals surface area contributed by atoms with Crippen LogP contribution < -0.4 is 5.73 Å². The molecule has 14 heavy (non-hydrogen) atoms. The molecule has 2 aromatic rings. The minimum atomic E-state index is 0.481. The molecule has 2 N–H and O–H groups in total. The molecule has 2 aromatic heterocycles. The zero-order valence-corrected chi connectivity index (χ0v) is 7.88. The van der Waals surface area contributed by atoms with Crippen LogP contribution in [0.1, 0.15) is 11.4 Å². The lowest BCUT2D eigenvalue weighted by molar-refractivity contribution is 0.751. The smallest absolute Gasteiger partial charge is 0.200 e. The first-order chi connectivity index (χ1) is 6.75. The minimum Gasteiger partial charge on any atom is -0.369 e. The number of nitrogens with zero attached hydrogens (tertiary/aromatic N) is 4. The van der Waals surface area contributed by atoms with Gasteiger partial charge in [-0.1, -0.05) is 0 Å². The van der Waals surface area contributed by atoms with Crippen molar-refractivity contribution in [1.82, 2.24) is 19.5 Å². The maximum Gasteiger partial charge on any atom is 0.200 e. The average Bonchev–Trinajstić information content (AvgIpc) is 2.56. The Kier molecular flexibility index (Phi) is 2.14. The van der Waals surface area contributed by atoms with Gasteiger partial charge < -0.3 is 10.3 Å². The van der Waals surface area contributed by atoms with Gasteiger partial charge in [0.25, 0.3) is 0 Å². The molecule has 5 nitrogen and oxygen atoms in total. The van der Waals surface area contributed by atoms with Gasteiger partial charge in [-0.3, -0.25) is 0 Å². The second-order valence-corrected chi connectivity index (χ2v) is 3.09. The van der Waals surface area contributed by atoms with Crippen molar-refractivity contribution >= 4 is 5.95 Å². The molecule has 72 valence electrons. The predicted molar refractivity (Wildman–Crippen MR) is 52.5 cm³/mol. The lowest BCUT2D eigenvalue weighted by Crippen LogP contribution is -2.06. The number of hydrogen-bond donors (Lipinski definition) is 1. The van der Waals surface area contributed by atoms with E-state index in [9.17, 15) is 0 Å². The molecule has 0 aromatic carbocycles. The van der Waals surface area contributed by atoms with Gasteiger partial charge >= 0.3 is 0 Å². The van der Waals surface area contributed by atoms with Gasteiger partial charge in [-0.15, -0.1) is 0 Å². The van der Waals surface area contributed by atoms with E-state index in [1.165, 1.54) is 0 Å². The third-order valence-electron chi connectivity index (χ3n) is 1.89. The van der Waals surface area contributed by atoms with E-state index >= 15 is 0 Å². The van der Waals surface area contributed by atoms with Gasteiger partial charge in [-0.25, -0.2) is 15.0 Å². The van der Waals surface area contributed by atoms with Gasteiger partial charge in [0.05, 0.1) is 6.54 Å². The van der Waals surface area contributed by atoms with E-state index in [1.54, 1.807) is 29.4 Å². The van der Waals surface area contributed by atoms with E-state index in [0.717, 1.165) is 11.4 Å². The molecule has 2 rings (SSSR count). The molecule has 0 radical (unpaired) electrons. The normalized spacial score (nSPS) is 10.4. The first kappa shape index (κ1) is 8.68. The van der Waals surface area contributed by atoms with Crippen LogP contribution in [0.2, 0.25) is 0 Å². The first-order valence-electron chi connectivity index (χ1n) is 4.30. The number of imidazole rings is 1. The number of aryl methyl sites for hydroxylation is 1. The third-order valence-corrected chi connectivity index (χ3v) is 1.89. The van der Waals surface area contributed by atoms with Crippen LogP contribution >= 0.6 is 0 Å². The number of rotatable bonds is 2. The van der Waals surface area contributed by atoms with Crippen molar-refractivity contribution in [1.29, 1.82) is 0 Å². The fraction of sp³-hybridized carbons (Fsp3) is 0.222. The van der Waals surface area contributed by atoms with Gasteiger partial charge in [0.15, 0.2) is 0 Å². The van der Waals surface area contributed by atoms with Gasteiger partial charge in [0.1, 0.15) is 5.82 Å². The monoisotopic (exact) mass is 189 g/mol. The second kappa shape index (κ2) is 3.45. The molecule has 0 aliphatic carbocycles. The first-order valence-corrected chi connectivity index (χ1v) is 4.30. The fourth-order valence-electron chi connectivity index (χ4n) is 1.13. The summed E-state index contributed by atoms with van der Waals surface area (Å²) in [6.07, 6.45) is 7.03. The number of anilines is 1. The molecule has 0 fully saturated rings. The summed E-state index contributed by atoms with van der Waals surface area (Å²) in [5.41, 5.74) is 6.66. The maximum atomic E-state index is 5.61. The zero-order valence-electron chi connectivity index (χ0n) is 7.88. The Morgan fingerprint density at radius 1 is 1.29 bits per heavy atom. The molecular weight excluding hydrogens is 178 g/mol. The van der Waals surface area contributed by atoms with Crippen LogP contribution in [-0.2, 0) is 6.54 Å². The summed E-state index contributed by atoms with van der Waals surface area (Å²) in [6.45, 7) is 2.52. The van der Waals surface area contributed by atoms with Crippen LogP contribution in [0.5, 0.6) is 0 Å². The summed E-state index contributed by atoms with van der Waals surface area (Å²) >= 11 is 0. The topological polar surface area (TPSA) is 69.6 Å². The van der Waals surface area contributed by atoms with Crippen molar-refractivity contribution in [2.24, 2.45) is 0 Å². The Labute approximate surface area is 81.6 Å². The minimum absolute atomic E-state index is 0.481. The SMILES string of the molecule is Cc1cnc(Cn2ccnc2N)nc1. The van der Waals surface area contributed by atoms with E-state index in [2.05, 4.69) is 15.0 Å². The van der Waals surface area contributed by atoms with Crippen LogP contribution in [0.3, 0.4) is 0 Å². The van der Waals surface area contributed by atoms with Crippen LogP contribution in [0.4, 0.5) is 5.95 Å². The fourth-order valence-corrected chi connectivity index (χ4v) is 1.13. The lowest BCUT2D eigenvalue weighted by Gasteiger charge is -2.02. The van der Waals surface area contributed by atoms with Gasteiger partial charge in [0, 0.05) is 24.8 Å². The Morgan fingerprint density at radius 3 is 2.57 bits per heavy atom. The molecule has 0 saturated heterocycles. The molecule has 0 aliphatic heterocycles. The summed E-state index contributed by atoms with van der Waals surface area (Å²) in [5, 5.41) is 0. The van der Waals surface area contributed by atoms with Gasteiger partial charge in [0.2, 0.25) is 5.95 Å². The number of hydrogen-bond acceptors (Lipinski definition) is 4. The average molecular weight is 189 g/mol. The molecule has 0 atom stereocenters. The molecule has 0 spiro atoms. The highest BCUT2D eigenvalue weighted by Gasteiger charge is 2.00. The number of aromatic nitrogens is 4. The zero-order chi connectivity index (χ0) is 9.97. The molecule has 0 amide bonds. The molecule has 0 unspecified atom stereocenters. The van der Waals surface area contributed by atoms with Crippen molar-refractivity contribution < 1.29 is 0 Å². The standard InChI is InChI=1S/C9H11N5/c1-7-4-12-8(13-5-7)6-14-3-2-11-9(14)10/h2-5H,6H2,1H3,(H2,10,11). The molecule has 5 heteroatoms. The van der Waals surface area contributed by atoms with E-state index in [1.807, 2.05) is 6.92 Å². The van der Waals surface area contributed by atoms with Crippen LogP contribution in [0, 0.1) is 6.92 Å². The van der Waals surface area contributed by atoms with E-state index < -0.39 is 0 Å². The molecular formula is C9H11N5. The largest absolute Gasteiger partial charge is 0.369 e. The molecule has 0 aliphatic rings. The van der Waals surface area contributed by atoms with Crippen molar-refractivity contribution in [3.8, 4) is 0 Å². The summed E-state index contributed by atoms with van der Waals surface area (Å²) in [6, 6.07) is 0.